The van der Waals surface area contributed by atoms with Gasteiger partial charge in [0.25, 0.3) is 0 Å². The third-order valence-corrected chi connectivity index (χ3v) is 9.10. The van der Waals surface area contributed by atoms with E-state index in [1.54, 1.807) is 0 Å². The number of hydrogen-bond acceptors (Lipinski definition) is 2. The third-order valence-electron chi connectivity index (χ3n) is 9.10. The molecule has 0 amide bonds. The Bertz CT molecular complexity index is 1130. The van der Waals surface area contributed by atoms with Crippen molar-refractivity contribution in [1.82, 2.24) is 0 Å². The first-order valence-corrected chi connectivity index (χ1v) is 18.8. The Balaban J connectivity index is 1.31. The molecular formula is C43H64O2. The Morgan fingerprint density at radius 2 is 0.733 bits per heavy atom. The Labute approximate surface area is 277 Å². The second kappa shape index (κ2) is 23.6. The molecule has 0 radical (unpaired) electrons. The summed E-state index contributed by atoms with van der Waals surface area (Å²) in [6, 6.07) is 24.0. The highest BCUT2D eigenvalue weighted by atomic mass is 16.5. The minimum Gasteiger partial charge on any atom is -0.494 e. The predicted molar refractivity (Wildman–Crippen MR) is 197 cm³/mol. The van der Waals surface area contributed by atoms with Gasteiger partial charge in [0.05, 0.1) is 13.2 Å². The van der Waals surface area contributed by atoms with Gasteiger partial charge in [0.15, 0.2) is 0 Å². The summed E-state index contributed by atoms with van der Waals surface area (Å²) in [6.45, 7) is 8.35. The van der Waals surface area contributed by atoms with Crippen molar-refractivity contribution >= 4 is 0 Å². The van der Waals surface area contributed by atoms with Crippen molar-refractivity contribution in [2.45, 2.75) is 149 Å². The molecule has 0 aliphatic rings. The van der Waals surface area contributed by atoms with Gasteiger partial charge in [-0.3, -0.25) is 0 Å². The number of aryl methyl sites for hydroxylation is 1. The lowest BCUT2D eigenvalue weighted by molar-refractivity contribution is 0.302. The van der Waals surface area contributed by atoms with Gasteiger partial charge in [0.1, 0.15) is 11.5 Å². The van der Waals surface area contributed by atoms with Crippen molar-refractivity contribution in [3.05, 3.63) is 72.3 Å². The van der Waals surface area contributed by atoms with Crippen LogP contribution in [0.1, 0.15) is 148 Å². The van der Waals surface area contributed by atoms with E-state index in [0.29, 0.717) is 0 Å². The second-order valence-corrected chi connectivity index (χ2v) is 13.1. The maximum Gasteiger partial charge on any atom is 0.122 e. The standard InChI is InChI=1S/C43H64O2/c1-4-6-8-10-12-14-16-18-20-22-34-44-42-31-28-39(29-32-42)38-24-26-40(27-25-38)41-30-33-43(37(3)36-41)45-35-23-21-19-17-15-13-11-9-7-5-2/h24-33,36H,4-23,34-35H2,1-3H3. The molecule has 0 fully saturated rings. The normalized spacial score (nSPS) is 11.2. The van der Waals surface area contributed by atoms with E-state index in [4.69, 9.17) is 9.47 Å². The molecule has 0 atom stereocenters. The van der Waals surface area contributed by atoms with E-state index in [0.717, 1.165) is 37.6 Å². The molecule has 0 saturated heterocycles. The summed E-state index contributed by atoms with van der Waals surface area (Å²) in [6.07, 6.45) is 27.0. The minimum atomic E-state index is 0.813. The highest BCUT2D eigenvalue weighted by Gasteiger charge is 2.06. The molecule has 0 unspecified atom stereocenters. The van der Waals surface area contributed by atoms with E-state index >= 15 is 0 Å². The molecule has 0 spiro atoms. The maximum atomic E-state index is 6.14. The molecule has 0 aromatic heterocycles. The Hall–Kier alpha value is -2.74. The van der Waals surface area contributed by atoms with Crippen LogP contribution in [0.5, 0.6) is 11.5 Å². The van der Waals surface area contributed by atoms with Gasteiger partial charge >= 0.3 is 0 Å². The molecule has 2 nitrogen and oxygen atoms in total. The van der Waals surface area contributed by atoms with Crippen molar-refractivity contribution in [1.29, 1.82) is 0 Å². The summed E-state index contributed by atoms with van der Waals surface area (Å²) in [7, 11) is 0. The molecular weight excluding hydrogens is 548 g/mol. The molecule has 248 valence electrons. The first kappa shape index (κ1) is 36.7. The summed E-state index contributed by atoms with van der Waals surface area (Å²) in [4.78, 5) is 0. The van der Waals surface area contributed by atoms with Crippen LogP contribution in [-0.2, 0) is 0 Å². The molecule has 0 saturated carbocycles. The van der Waals surface area contributed by atoms with Gasteiger partial charge in [-0.05, 0) is 71.8 Å². The molecule has 0 aliphatic carbocycles. The van der Waals surface area contributed by atoms with E-state index in [-0.39, 0.29) is 0 Å². The fraction of sp³-hybridized carbons (Fsp3) is 0.581. The summed E-state index contributed by atoms with van der Waals surface area (Å²) in [5, 5.41) is 0. The number of hydrogen-bond donors (Lipinski definition) is 0. The molecule has 0 aliphatic heterocycles. The number of rotatable bonds is 26. The lowest BCUT2D eigenvalue weighted by atomic mass is 9.99. The summed E-state index contributed by atoms with van der Waals surface area (Å²) < 4.78 is 12.2. The van der Waals surface area contributed by atoms with Gasteiger partial charge in [-0.2, -0.15) is 0 Å². The van der Waals surface area contributed by atoms with Crippen LogP contribution in [0.15, 0.2) is 66.7 Å². The van der Waals surface area contributed by atoms with Crippen LogP contribution in [0.4, 0.5) is 0 Å². The Kier molecular flexibility index (Phi) is 19.2. The number of unbranched alkanes of at least 4 members (excludes halogenated alkanes) is 18. The van der Waals surface area contributed by atoms with Gasteiger partial charge < -0.3 is 9.47 Å². The van der Waals surface area contributed by atoms with E-state index in [1.807, 2.05) is 0 Å². The maximum absolute atomic E-state index is 6.14. The van der Waals surface area contributed by atoms with Crippen LogP contribution < -0.4 is 9.47 Å². The van der Waals surface area contributed by atoms with Crippen LogP contribution in [0.3, 0.4) is 0 Å². The average Bonchev–Trinajstić information content (AvgIpc) is 3.07. The van der Waals surface area contributed by atoms with Gasteiger partial charge in [-0.25, -0.2) is 0 Å². The number of benzene rings is 3. The quantitative estimate of drug-likeness (QED) is 0.0840. The van der Waals surface area contributed by atoms with Crippen molar-refractivity contribution in [2.75, 3.05) is 13.2 Å². The van der Waals surface area contributed by atoms with Crippen molar-refractivity contribution in [3.8, 4) is 33.8 Å². The monoisotopic (exact) mass is 612 g/mol. The minimum absolute atomic E-state index is 0.813. The average molecular weight is 613 g/mol. The highest BCUT2D eigenvalue weighted by Crippen LogP contribution is 2.29. The lowest BCUT2D eigenvalue weighted by Crippen LogP contribution is -1.99. The zero-order chi connectivity index (χ0) is 31.8. The molecule has 3 aromatic carbocycles. The van der Waals surface area contributed by atoms with Crippen LogP contribution in [0.2, 0.25) is 0 Å². The van der Waals surface area contributed by atoms with Gasteiger partial charge in [-0.1, -0.05) is 172 Å². The van der Waals surface area contributed by atoms with Crippen molar-refractivity contribution in [3.63, 3.8) is 0 Å². The molecule has 3 rings (SSSR count). The molecule has 0 heterocycles. The van der Waals surface area contributed by atoms with E-state index in [9.17, 15) is 0 Å². The topological polar surface area (TPSA) is 18.5 Å². The van der Waals surface area contributed by atoms with Gasteiger partial charge in [-0.15, -0.1) is 0 Å². The predicted octanol–water partition coefficient (Wildman–Crippen LogP) is 13.9. The van der Waals surface area contributed by atoms with Gasteiger partial charge in [0.2, 0.25) is 0 Å². The van der Waals surface area contributed by atoms with Crippen molar-refractivity contribution in [2.24, 2.45) is 0 Å². The Morgan fingerprint density at radius 1 is 0.378 bits per heavy atom. The van der Waals surface area contributed by atoms with E-state index in [2.05, 4.69) is 87.5 Å². The molecule has 0 bridgehead atoms. The lowest BCUT2D eigenvalue weighted by Gasteiger charge is -2.12. The van der Waals surface area contributed by atoms with Gasteiger partial charge in [0, 0.05) is 0 Å². The summed E-state index contributed by atoms with van der Waals surface area (Å²) in [5.41, 5.74) is 6.13. The molecule has 2 heteroatoms. The number of ether oxygens (including phenoxy) is 2. The van der Waals surface area contributed by atoms with Crippen LogP contribution in [0, 0.1) is 6.92 Å². The SMILES string of the molecule is CCCCCCCCCCCCOc1ccc(-c2ccc(-c3ccc(OCCCCCCCCCCCC)c(C)c3)cc2)cc1. The summed E-state index contributed by atoms with van der Waals surface area (Å²) >= 11 is 0. The van der Waals surface area contributed by atoms with Crippen LogP contribution >= 0.6 is 0 Å². The zero-order valence-electron chi connectivity index (χ0n) is 29.2. The first-order valence-electron chi connectivity index (χ1n) is 18.8. The third kappa shape index (κ3) is 15.4. The Morgan fingerprint density at radius 3 is 1.18 bits per heavy atom. The first-order chi connectivity index (χ1) is 22.2. The fourth-order valence-corrected chi connectivity index (χ4v) is 6.14. The van der Waals surface area contributed by atoms with Crippen LogP contribution in [-0.4, -0.2) is 13.2 Å². The molecule has 3 aromatic rings. The molecule has 45 heavy (non-hydrogen) atoms. The smallest absolute Gasteiger partial charge is 0.122 e. The highest BCUT2D eigenvalue weighted by molar-refractivity contribution is 5.71. The second-order valence-electron chi connectivity index (χ2n) is 13.1. The molecule has 0 N–H and O–H groups in total. The van der Waals surface area contributed by atoms with E-state index in [1.165, 1.54) is 143 Å². The fourth-order valence-electron chi connectivity index (χ4n) is 6.14. The van der Waals surface area contributed by atoms with Crippen molar-refractivity contribution < 1.29 is 9.47 Å². The summed E-state index contributed by atoms with van der Waals surface area (Å²) in [5.74, 6) is 1.99. The van der Waals surface area contributed by atoms with Crippen LogP contribution in [0.25, 0.3) is 22.3 Å². The van der Waals surface area contributed by atoms with E-state index < -0.39 is 0 Å². The zero-order valence-corrected chi connectivity index (χ0v) is 29.2. The largest absolute Gasteiger partial charge is 0.494 e.